The molecule has 1 heterocycles. The summed E-state index contributed by atoms with van der Waals surface area (Å²) < 4.78 is 0. The molecule has 0 fully saturated rings. The second-order valence-corrected chi connectivity index (χ2v) is 3.18. The predicted molar refractivity (Wildman–Crippen MR) is 55.0 cm³/mol. The second-order valence-electron chi connectivity index (χ2n) is 2.84. The fourth-order valence-electron chi connectivity index (χ4n) is 1.17. The molecule has 2 aromatic rings. The zero-order chi connectivity index (χ0) is 9.97. The van der Waals surface area contributed by atoms with E-state index in [1.54, 1.807) is 6.92 Å². The Bertz CT molecular complexity index is 422. The minimum Gasteiger partial charge on any atom is -0.213 e. The molecule has 0 amide bonds. The van der Waals surface area contributed by atoms with Gasteiger partial charge in [0.05, 0.1) is 0 Å². The molecule has 0 unspecified atom stereocenters. The van der Waals surface area contributed by atoms with Gasteiger partial charge in [0, 0.05) is 5.56 Å². The van der Waals surface area contributed by atoms with E-state index in [4.69, 9.17) is 11.6 Å². The Balaban J connectivity index is 2.52. The Hall–Kier alpha value is -1.48. The third-order valence-corrected chi connectivity index (χ3v) is 1.92. The van der Waals surface area contributed by atoms with Gasteiger partial charge in [-0.2, -0.15) is 4.98 Å². The molecule has 3 nitrogen and oxygen atoms in total. The molecule has 70 valence electrons. The maximum Gasteiger partial charge on any atom is 0.226 e. The van der Waals surface area contributed by atoms with Crippen LogP contribution in [-0.2, 0) is 0 Å². The van der Waals surface area contributed by atoms with Crippen LogP contribution in [0.1, 0.15) is 5.82 Å². The van der Waals surface area contributed by atoms with Crippen molar-refractivity contribution >= 4 is 11.6 Å². The lowest BCUT2D eigenvalue weighted by Crippen LogP contribution is -1.95. The molecule has 4 heteroatoms. The van der Waals surface area contributed by atoms with Gasteiger partial charge in [0.2, 0.25) is 5.28 Å². The van der Waals surface area contributed by atoms with E-state index in [0.29, 0.717) is 11.6 Å². The number of aryl methyl sites for hydroxylation is 1. The first kappa shape index (κ1) is 9.09. The number of hydrogen-bond acceptors (Lipinski definition) is 3. The van der Waals surface area contributed by atoms with Crippen LogP contribution >= 0.6 is 11.6 Å². The molecule has 0 radical (unpaired) electrons. The fraction of sp³-hybridized carbons (Fsp3) is 0.100. The lowest BCUT2D eigenvalue weighted by Gasteiger charge is -2.00. The van der Waals surface area contributed by atoms with Crippen molar-refractivity contribution in [3.05, 3.63) is 41.4 Å². The van der Waals surface area contributed by atoms with Crippen LogP contribution in [0.4, 0.5) is 0 Å². The van der Waals surface area contributed by atoms with Gasteiger partial charge in [-0.15, -0.1) is 0 Å². The molecule has 0 saturated carbocycles. The van der Waals surface area contributed by atoms with E-state index in [-0.39, 0.29) is 5.28 Å². The van der Waals surface area contributed by atoms with Crippen molar-refractivity contribution < 1.29 is 0 Å². The molecule has 0 aliphatic carbocycles. The summed E-state index contributed by atoms with van der Waals surface area (Å²) in [5.74, 6) is 1.24. The van der Waals surface area contributed by atoms with Crippen molar-refractivity contribution in [2.24, 2.45) is 0 Å². The SMILES string of the molecule is Cc1nc(Cl)nc(-c2ccccc2)n1. The first-order valence-corrected chi connectivity index (χ1v) is 4.57. The highest BCUT2D eigenvalue weighted by molar-refractivity contribution is 6.28. The van der Waals surface area contributed by atoms with Crippen molar-refractivity contribution in [3.8, 4) is 11.4 Å². The number of halogens is 1. The van der Waals surface area contributed by atoms with Crippen molar-refractivity contribution in [3.63, 3.8) is 0 Å². The van der Waals surface area contributed by atoms with Crippen molar-refractivity contribution in [1.29, 1.82) is 0 Å². The van der Waals surface area contributed by atoms with Gasteiger partial charge in [0.15, 0.2) is 5.82 Å². The Labute approximate surface area is 86.8 Å². The molecule has 0 aliphatic heterocycles. The summed E-state index contributed by atoms with van der Waals surface area (Å²) in [6.45, 7) is 1.79. The van der Waals surface area contributed by atoms with Gasteiger partial charge in [0.25, 0.3) is 0 Å². The van der Waals surface area contributed by atoms with Crippen LogP contribution in [0, 0.1) is 6.92 Å². The summed E-state index contributed by atoms with van der Waals surface area (Å²) in [4.78, 5) is 12.1. The molecule has 0 saturated heterocycles. The Morgan fingerprint density at radius 1 is 1.00 bits per heavy atom. The third-order valence-electron chi connectivity index (χ3n) is 1.75. The molecule has 2 rings (SSSR count). The van der Waals surface area contributed by atoms with E-state index in [9.17, 15) is 0 Å². The summed E-state index contributed by atoms with van der Waals surface area (Å²) in [5, 5.41) is 0.233. The number of aromatic nitrogens is 3. The van der Waals surface area contributed by atoms with Gasteiger partial charge < -0.3 is 0 Å². The summed E-state index contributed by atoms with van der Waals surface area (Å²) in [6.07, 6.45) is 0. The van der Waals surface area contributed by atoms with Crippen LogP contribution in [-0.4, -0.2) is 15.0 Å². The molecular weight excluding hydrogens is 198 g/mol. The van der Waals surface area contributed by atoms with Gasteiger partial charge in [-0.25, -0.2) is 9.97 Å². The number of nitrogens with zero attached hydrogens (tertiary/aromatic N) is 3. The highest BCUT2D eigenvalue weighted by Gasteiger charge is 2.03. The molecule has 1 aromatic carbocycles. The summed E-state index contributed by atoms with van der Waals surface area (Å²) in [7, 11) is 0. The van der Waals surface area contributed by atoms with Crippen LogP contribution in [0.25, 0.3) is 11.4 Å². The number of hydrogen-bond donors (Lipinski definition) is 0. The van der Waals surface area contributed by atoms with Crippen LogP contribution in [0.2, 0.25) is 5.28 Å². The van der Waals surface area contributed by atoms with Gasteiger partial charge >= 0.3 is 0 Å². The minimum atomic E-state index is 0.233. The lowest BCUT2D eigenvalue weighted by molar-refractivity contribution is 0.984. The molecule has 0 atom stereocenters. The molecule has 0 aliphatic rings. The van der Waals surface area contributed by atoms with Gasteiger partial charge in [-0.3, -0.25) is 0 Å². The predicted octanol–water partition coefficient (Wildman–Crippen LogP) is 2.50. The van der Waals surface area contributed by atoms with E-state index >= 15 is 0 Å². The standard InChI is InChI=1S/C10H8ClN3/c1-7-12-9(14-10(11)13-7)8-5-3-2-4-6-8/h2-6H,1H3. The normalized spacial score (nSPS) is 10.1. The Morgan fingerprint density at radius 3 is 2.36 bits per heavy atom. The highest BCUT2D eigenvalue weighted by Crippen LogP contribution is 2.15. The number of rotatable bonds is 1. The fourth-order valence-corrected chi connectivity index (χ4v) is 1.37. The maximum absolute atomic E-state index is 5.74. The van der Waals surface area contributed by atoms with Gasteiger partial charge in [-0.1, -0.05) is 30.3 Å². The smallest absolute Gasteiger partial charge is 0.213 e. The zero-order valence-electron chi connectivity index (χ0n) is 7.61. The van der Waals surface area contributed by atoms with Crippen molar-refractivity contribution in [2.75, 3.05) is 0 Å². The largest absolute Gasteiger partial charge is 0.226 e. The monoisotopic (exact) mass is 205 g/mol. The van der Waals surface area contributed by atoms with E-state index in [2.05, 4.69) is 15.0 Å². The average molecular weight is 206 g/mol. The van der Waals surface area contributed by atoms with E-state index in [1.165, 1.54) is 0 Å². The highest BCUT2D eigenvalue weighted by atomic mass is 35.5. The Kier molecular flexibility index (Phi) is 2.41. The Morgan fingerprint density at radius 2 is 1.71 bits per heavy atom. The van der Waals surface area contributed by atoms with E-state index < -0.39 is 0 Å². The van der Waals surface area contributed by atoms with Gasteiger partial charge in [-0.05, 0) is 18.5 Å². The van der Waals surface area contributed by atoms with Crippen LogP contribution in [0.5, 0.6) is 0 Å². The first-order valence-electron chi connectivity index (χ1n) is 4.19. The molecule has 1 aromatic heterocycles. The lowest BCUT2D eigenvalue weighted by atomic mass is 10.2. The van der Waals surface area contributed by atoms with Crippen LogP contribution < -0.4 is 0 Å². The maximum atomic E-state index is 5.74. The van der Waals surface area contributed by atoms with Crippen LogP contribution in [0.3, 0.4) is 0 Å². The van der Waals surface area contributed by atoms with E-state index in [0.717, 1.165) is 5.56 Å². The quantitative estimate of drug-likeness (QED) is 0.718. The van der Waals surface area contributed by atoms with Crippen molar-refractivity contribution in [2.45, 2.75) is 6.92 Å². The number of benzene rings is 1. The minimum absolute atomic E-state index is 0.233. The molecular formula is C10H8ClN3. The second kappa shape index (κ2) is 3.72. The zero-order valence-corrected chi connectivity index (χ0v) is 8.36. The van der Waals surface area contributed by atoms with Crippen LogP contribution in [0.15, 0.2) is 30.3 Å². The summed E-state index contributed by atoms with van der Waals surface area (Å²) in [5.41, 5.74) is 0.944. The molecule has 0 bridgehead atoms. The third kappa shape index (κ3) is 1.88. The molecule has 0 spiro atoms. The average Bonchev–Trinajstić information content (AvgIpc) is 2.18. The molecule has 14 heavy (non-hydrogen) atoms. The van der Waals surface area contributed by atoms with Gasteiger partial charge in [0.1, 0.15) is 5.82 Å². The van der Waals surface area contributed by atoms with Crippen molar-refractivity contribution in [1.82, 2.24) is 15.0 Å². The summed E-state index contributed by atoms with van der Waals surface area (Å²) >= 11 is 5.74. The topological polar surface area (TPSA) is 38.7 Å². The summed E-state index contributed by atoms with van der Waals surface area (Å²) in [6, 6.07) is 9.68. The van der Waals surface area contributed by atoms with E-state index in [1.807, 2.05) is 30.3 Å². The first-order chi connectivity index (χ1) is 6.75. The molecule has 0 N–H and O–H groups in total.